The minimum absolute atomic E-state index is 0.243. The molecule has 3 aromatic carbocycles. The van der Waals surface area contributed by atoms with E-state index in [1.54, 1.807) is 24.3 Å². The molecule has 0 saturated heterocycles. The normalized spacial score (nSPS) is 12.3. The van der Waals surface area contributed by atoms with E-state index in [4.69, 9.17) is 4.42 Å². The highest BCUT2D eigenvalue weighted by Crippen LogP contribution is 2.33. The van der Waals surface area contributed by atoms with Crippen molar-refractivity contribution in [3.63, 3.8) is 0 Å². The highest BCUT2D eigenvalue weighted by Gasteiger charge is 2.30. The van der Waals surface area contributed by atoms with Crippen molar-refractivity contribution in [1.29, 1.82) is 0 Å². The Kier molecular flexibility index (Phi) is 2.75. The summed E-state index contributed by atoms with van der Waals surface area (Å²) in [6.07, 6.45) is -4.42. The Labute approximate surface area is 127 Å². The third-order valence-electron chi connectivity index (χ3n) is 3.89. The molecule has 0 unspecified atom stereocenters. The second-order valence-electron chi connectivity index (χ2n) is 5.30. The van der Waals surface area contributed by atoms with Crippen LogP contribution in [0.25, 0.3) is 32.7 Å². The second-order valence-corrected chi connectivity index (χ2v) is 5.30. The summed E-state index contributed by atoms with van der Waals surface area (Å²) in [5, 5.41) is 1.52. The van der Waals surface area contributed by atoms with E-state index in [9.17, 15) is 18.0 Å². The topological polar surface area (TPSA) is 30.2 Å². The smallest absolute Gasteiger partial charge is 0.416 e. The van der Waals surface area contributed by atoms with E-state index in [2.05, 4.69) is 0 Å². The molecule has 0 bridgehead atoms. The van der Waals surface area contributed by atoms with Gasteiger partial charge < -0.3 is 4.42 Å². The fraction of sp³-hybridized carbons (Fsp3) is 0.0556. The zero-order valence-corrected chi connectivity index (χ0v) is 11.6. The first-order valence-electron chi connectivity index (χ1n) is 6.91. The van der Waals surface area contributed by atoms with Crippen molar-refractivity contribution in [2.24, 2.45) is 0 Å². The van der Waals surface area contributed by atoms with Crippen LogP contribution in [0.1, 0.15) is 5.56 Å². The molecule has 4 rings (SSSR count). The van der Waals surface area contributed by atoms with Gasteiger partial charge in [-0.15, -0.1) is 0 Å². The van der Waals surface area contributed by atoms with Crippen molar-refractivity contribution in [3.05, 3.63) is 70.4 Å². The average molecular weight is 314 g/mol. The number of para-hydroxylation sites is 1. The van der Waals surface area contributed by atoms with Crippen LogP contribution >= 0.6 is 0 Å². The van der Waals surface area contributed by atoms with Gasteiger partial charge in [-0.05, 0) is 41.1 Å². The van der Waals surface area contributed by atoms with Crippen LogP contribution in [0.5, 0.6) is 0 Å². The summed E-state index contributed by atoms with van der Waals surface area (Å²) in [4.78, 5) is 12.7. The number of benzene rings is 3. The summed E-state index contributed by atoms with van der Waals surface area (Å²) in [6, 6.07) is 13.2. The summed E-state index contributed by atoms with van der Waals surface area (Å²) in [5.74, 6) is 0. The highest BCUT2D eigenvalue weighted by atomic mass is 19.4. The Morgan fingerprint density at radius 2 is 1.61 bits per heavy atom. The molecule has 0 N–H and O–H groups in total. The summed E-state index contributed by atoms with van der Waals surface area (Å²) >= 11 is 0. The van der Waals surface area contributed by atoms with E-state index in [1.807, 2.05) is 0 Å². The fourth-order valence-electron chi connectivity index (χ4n) is 2.80. The first-order chi connectivity index (χ1) is 10.9. The Bertz CT molecular complexity index is 1120. The lowest BCUT2D eigenvalue weighted by molar-refractivity contribution is -0.137. The van der Waals surface area contributed by atoms with E-state index < -0.39 is 11.7 Å². The molecule has 0 atom stereocenters. The molecule has 23 heavy (non-hydrogen) atoms. The molecule has 0 aliphatic carbocycles. The maximum absolute atomic E-state index is 12.8. The van der Waals surface area contributed by atoms with Gasteiger partial charge >= 0.3 is 6.18 Å². The summed E-state index contributed by atoms with van der Waals surface area (Å²) in [5.41, 5.74) is -0.168. The molecular weight excluding hydrogens is 305 g/mol. The van der Waals surface area contributed by atoms with Crippen LogP contribution in [-0.2, 0) is 6.18 Å². The molecule has 0 saturated carbocycles. The van der Waals surface area contributed by atoms with Crippen LogP contribution in [0.15, 0.2) is 63.8 Å². The van der Waals surface area contributed by atoms with Crippen LogP contribution in [0.2, 0.25) is 0 Å². The van der Waals surface area contributed by atoms with Gasteiger partial charge in [0.15, 0.2) is 0 Å². The van der Waals surface area contributed by atoms with Crippen molar-refractivity contribution in [2.75, 3.05) is 0 Å². The number of rotatable bonds is 0. The average Bonchev–Trinajstić information content (AvgIpc) is 2.53. The molecule has 4 aromatic rings. The predicted molar refractivity (Wildman–Crippen MR) is 82.5 cm³/mol. The number of alkyl halides is 3. The first-order valence-corrected chi connectivity index (χ1v) is 6.91. The molecule has 114 valence electrons. The highest BCUT2D eigenvalue weighted by molar-refractivity contribution is 6.08. The fourth-order valence-corrected chi connectivity index (χ4v) is 2.80. The van der Waals surface area contributed by atoms with Gasteiger partial charge in [0, 0.05) is 0 Å². The Balaban J connectivity index is 2.16. The molecule has 0 radical (unpaired) electrons. The second kappa shape index (κ2) is 4.59. The summed E-state index contributed by atoms with van der Waals surface area (Å²) in [7, 11) is 0. The molecule has 5 heteroatoms. The molecule has 1 aromatic heterocycles. The van der Waals surface area contributed by atoms with E-state index >= 15 is 0 Å². The Morgan fingerprint density at radius 1 is 0.826 bits per heavy atom. The van der Waals surface area contributed by atoms with Crippen LogP contribution in [0.4, 0.5) is 13.2 Å². The third-order valence-corrected chi connectivity index (χ3v) is 3.89. The lowest BCUT2D eigenvalue weighted by atomic mass is 10.0. The Morgan fingerprint density at radius 3 is 2.39 bits per heavy atom. The van der Waals surface area contributed by atoms with Gasteiger partial charge in [-0.1, -0.05) is 24.3 Å². The van der Waals surface area contributed by atoms with Crippen LogP contribution < -0.4 is 5.43 Å². The van der Waals surface area contributed by atoms with Crippen molar-refractivity contribution in [3.8, 4) is 0 Å². The predicted octanol–water partition coefficient (Wildman–Crippen LogP) is 5.12. The maximum Gasteiger partial charge on any atom is 0.416 e. The number of halogens is 3. The molecule has 0 fully saturated rings. The maximum atomic E-state index is 12.8. The van der Waals surface area contributed by atoms with Gasteiger partial charge in [0.2, 0.25) is 5.43 Å². The van der Waals surface area contributed by atoms with Crippen molar-refractivity contribution in [1.82, 2.24) is 0 Å². The molecule has 0 spiro atoms. The van der Waals surface area contributed by atoms with Crippen LogP contribution in [0, 0.1) is 0 Å². The zero-order valence-electron chi connectivity index (χ0n) is 11.6. The number of hydrogen-bond acceptors (Lipinski definition) is 2. The van der Waals surface area contributed by atoms with Crippen LogP contribution in [0.3, 0.4) is 0 Å². The van der Waals surface area contributed by atoms with Gasteiger partial charge in [0.25, 0.3) is 0 Å². The van der Waals surface area contributed by atoms with Gasteiger partial charge in [0.1, 0.15) is 11.2 Å². The van der Waals surface area contributed by atoms with E-state index in [-0.39, 0.29) is 5.43 Å². The van der Waals surface area contributed by atoms with Gasteiger partial charge in [0.05, 0.1) is 16.3 Å². The molecule has 1 heterocycles. The minimum Gasteiger partial charge on any atom is -0.456 e. The molecule has 0 aliphatic heterocycles. The van der Waals surface area contributed by atoms with Crippen molar-refractivity contribution >= 4 is 32.7 Å². The summed E-state index contributed by atoms with van der Waals surface area (Å²) in [6.45, 7) is 0. The molecular formula is C18H9F3O2. The minimum atomic E-state index is -4.42. The largest absolute Gasteiger partial charge is 0.456 e. The lowest BCUT2D eigenvalue weighted by Crippen LogP contribution is -2.05. The quantitative estimate of drug-likeness (QED) is 0.333. The number of hydrogen-bond donors (Lipinski definition) is 0. The van der Waals surface area contributed by atoms with Gasteiger partial charge in [-0.25, -0.2) is 0 Å². The molecule has 0 amide bonds. The van der Waals surface area contributed by atoms with Crippen molar-refractivity contribution in [2.45, 2.75) is 6.18 Å². The first kappa shape index (κ1) is 13.8. The van der Waals surface area contributed by atoms with E-state index in [0.29, 0.717) is 32.7 Å². The number of fused-ring (bicyclic) bond motifs is 4. The van der Waals surface area contributed by atoms with Gasteiger partial charge in [-0.2, -0.15) is 13.2 Å². The van der Waals surface area contributed by atoms with E-state index in [1.165, 1.54) is 18.2 Å². The third kappa shape index (κ3) is 2.08. The van der Waals surface area contributed by atoms with Crippen molar-refractivity contribution < 1.29 is 17.6 Å². The monoisotopic (exact) mass is 314 g/mol. The van der Waals surface area contributed by atoms with Gasteiger partial charge in [-0.3, -0.25) is 4.79 Å². The SMILES string of the molecule is O=c1c2ccccc2oc2ccc3cc(C(F)(F)F)ccc3c12. The zero-order chi connectivity index (χ0) is 16.2. The molecule has 2 nitrogen and oxygen atoms in total. The van der Waals surface area contributed by atoms with E-state index in [0.717, 1.165) is 12.1 Å². The summed E-state index contributed by atoms with van der Waals surface area (Å²) < 4.78 is 44.2. The standard InChI is InChI=1S/C18H9F3O2/c19-18(20,21)11-6-7-12-10(9-11)5-8-15-16(12)17(22)13-3-1-2-4-14(13)23-15/h1-9H. The lowest BCUT2D eigenvalue weighted by Gasteiger charge is -2.09. The molecule has 0 aliphatic rings. The van der Waals surface area contributed by atoms with Crippen LogP contribution in [-0.4, -0.2) is 0 Å². The Hall–Kier alpha value is -2.82.